The monoisotopic (exact) mass is 322 g/mol. The summed E-state index contributed by atoms with van der Waals surface area (Å²) < 4.78 is 23.2. The Morgan fingerprint density at radius 1 is 1.35 bits per heavy atom. The van der Waals surface area contributed by atoms with Crippen LogP contribution in [0.5, 0.6) is 0 Å². The predicted molar refractivity (Wildman–Crippen MR) is 73.0 cm³/mol. The fraction of sp³-hybridized carbons (Fsp3) is 0.500. The van der Waals surface area contributed by atoms with Crippen LogP contribution in [0.2, 0.25) is 0 Å². The first-order valence-corrected chi connectivity index (χ1v) is 8.62. The first kappa shape index (κ1) is 16.5. The summed E-state index contributed by atoms with van der Waals surface area (Å²) in [5.41, 5.74) is 0. The largest absolute Gasteiger partial charge is 0.478 e. The summed E-state index contributed by atoms with van der Waals surface area (Å²) in [6.07, 6.45) is 2.30. The highest BCUT2D eigenvalue weighted by molar-refractivity contribution is 8.00. The Bertz CT molecular complexity index is 542. The molecule has 1 atom stereocenters. The van der Waals surface area contributed by atoms with E-state index in [-0.39, 0.29) is 12.3 Å². The van der Waals surface area contributed by atoms with Crippen molar-refractivity contribution < 1.29 is 27.9 Å². The normalized spacial score (nSPS) is 19.9. The molecule has 0 aromatic heterocycles. The number of urea groups is 1. The number of carboxylic acid groups (broad SMARTS) is 1. The van der Waals surface area contributed by atoms with Gasteiger partial charge in [-0.2, -0.15) is 11.8 Å². The molecule has 1 heterocycles. The van der Waals surface area contributed by atoms with Crippen molar-refractivity contribution >= 4 is 39.5 Å². The van der Waals surface area contributed by atoms with Gasteiger partial charge < -0.3 is 10.0 Å². The van der Waals surface area contributed by atoms with Gasteiger partial charge in [-0.15, -0.1) is 0 Å². The number of rotatable bonds is 3. The number of amides is 3. The molecule has 112 valence electrons. The lowest BCUT2D eigenvalue weighted by Crippen LogP contribution is -2.54. The Morgan fingerprint density at radius 2 is 2.00 bits per heavy atom. The van der Waals surface area contributed by atoms with Gasteiger partial charge >= 0.3 is 12.0 Å². The summed E-state index contributed by atoms with van der Waals surface area (Å²) in [6.45, 7) is 0.199. The average molecular weight is 322 g/mol. The second-order valence-corrected chi connectivity index (χ2v) is 7.37. The quantitative estimate of drug-likeness (QED) is 0.658. The molecule has 1 saturated heterocycles. The topological polar surface area (TPSA) is 121 Å². The van der Waals surface area contributed by atoms with E-state index in [0.29, 0.717) is 17.9 Å². The van der Waals surface area contributed by atoms with E-state index in [9.17, 15) is 22.8 Å². The van der Waals surface area contributed by atoms with Crippen molar-refractivity contribution in [3.8, 4) is 0 Å². The molecule has 1 unspecified atom stereocenters. The van der Waals surface area contributed by atoms with Crippen molar-refractivity contribution in [2.75, 3.05) is 24.3 Å². The van der Waals surface area contributed by atoms with Crippen LogP contribution in [0.4, 0.5) is 4.79 Å². The van der Waals surface area contributed by atoms with Crippen LogP contribution in [0.1, 0.15) is 0 Å². The smallest absolute Gasteiger partial charge is 0.328 e. The number of carbonyl (C=O) groups excluding carboxylic acids is 2. The Morgan fingerprint density at radius 3 is 2.55 bits per heavy atom. The number of thioether (sulfide) groups is 1. The van der Waals surface area contributed by atoms with Gasteiger partial charge in [0.2, 0.25) is 0 Å². The fourth-order valence-corrected chi connectivity index (χ4v) is 4.35. The van der Waals surface area contributed by atoms with E-state index in [1.165, 1.54) is 11.8 Å². The number of nitrogens with zero attached hydrogens (tertiary/aromatic N) is 1. The molecule has 20 heavy (non-hydrogen) atoms. The van der Waals surface area contributed by atoms with E-state index in [2.05, 4.69) is 0 Å². The second-order valence-electron chi connectivity index (χ2n) is 4.02. The van der Waals surface area contributed by atoms with Crippen molar-refractivity contribution in [1.29, 1.82) is 0 Å². The lowest BCUT2D eigenvalue weighted by atomic mass is 10.4. The lowest BCUT2D eigenvalue weighted by Gasteiger charge is -2.33. The zero-order valence-electron chi connectivity index (χ0n) is 10.6. The standard InChI is InChI=1S/C10H14N2O6S2/c1-20(17,18)8-6-19-5-4-12(8)10(16)11-7(13)2-3-9(14)15/h2-3,8H,4-6H2,1H3,(H,14,15)(H,11,13,16). The molecule has 8 nitrogen and oxygen atoms in total. The van der Waals surface area contributed by atoms with Crippen molar-refractivity contribution in [3.63, 3.8) is 0 Å². The molecule has 1 fully saturated rings. The third kappa shape index (κ3) is 4.85. The van der Waals surface area contributed by atoms with Crippen LogP contribution in [0.3, 0.4) is 0 Å². The molecule has 0 aliphatic carbocycles. The summed E-state index contributed by atoms with van der Waals surface area (Å²) in [6, 6.07) is -0.847. The lowest BCUT2D eigenvalue weighted by molar-refractivity contribution is -0.131. The van der Waals surface area contributed by atoms with Gasteiger partial charge in [0.25, 0.3) is 5.91 Å². The van der Waals surface area contributed by atoms with Gasteiger partial charge in [0.05, 0.1) is 0 Å². The molecule has 0 saturated carbocycles. The van der Waals surface area contributed by atoms with Crippen LogP contribution < -0.4 is 5.32 Å². The summed E-state index contributed by atoms with van der Waals surface area (Å²) >= 11 is 1.41. The van der Waals surface area contributed by atoms with E-state index in [4.69, 9.17) is 5.11 Å². The van der Waals surface area contributed by atoms with E-state index in [0.717, 1.165) is 11.2 Å². The summed E-state index contributed by atoms with van der Waals surface area (Å²) in [7, 11) is -3.46. The molecule has 0 aromatic rings. The fourth-order valence-electron chi connectivity index (χ4n) is 1.53. The molecule has 1 rings (SSSR count). The van der Waals surface area contributed by atoms with E-state index in [1.54, 1.807) is 0 Å². The number of aliphatic carboxylic acids is 1. The van der Waals surface area contributed by atoms with Crippen molar-refractivity contribution in [2.45, 2.75) is 5.37 Å². The van der Waals surface area contributed by atoms with Crippen molar-refractivity contribution in [3.05, 3.63) is 12.2 Å². The summed E-state index contributed by atoms with van der Waals surface area (Å²) in [4.78, 5) is 34.4. The van der Waals surface area contributed by atoms with Crippen LogP contribution >= 0.6 is 11.8 Å². The second kappa shape index (κ2) is 6.75. The number of hydrogen-bond donors (Lipinski definition) is 2. The van der Waals surface area contributed by atoms with Crippen LogP contribution in [0.15, 0.2) is 12.2 Å². The number of carbonyl (C=O) groups is 3. The molecule has 0 aromatic carbocycles. The van der Waals surface area contributed by atoms with E-state index < -0.39 is 33.1 Å². The van der Waals surface area contributed by atoms with Crippen LogP contribution in [-0.2, 0) is 19.4 Å². The van der Waals surface area contributed by atoms with Crippen LogP contribution in [0.25, 0.3) is 0 Å². The van der Waals surface area contributed by atoms with E-state index in [1.807, 2.05) is 5.32 Å². The number of imide groups is 1. The Kier molecular flexibility index (Phi) is 5.57. The third-order valence-electron chi connectivity index (χ3n) is 2.45. The van der Waals surface area contributed by atoms with Gasteiger partial charge in [0, 0.05) is 36.5 Å². The Labute approximate surface area is 120 Å². The number of sulfone groups is 1. The van der Waals surface area contributed by atoms with Gasteiger partial charge in [0.15, 0.2) is 9.84 Å². The zero-order valence-corrected chi connectivity index (χ0v) is 12.2. The highest BCUT2D eigenvalue weighted by atomic mass is 32.2. The molecule has 1 aliphatic heterocycles. The first-order chi connectivity index (χ1) is 9.21. The van der Waals surface area contributed by atoms with Gasteiger partial charge in [-0.25, -0.2) is 18.0 Å². The van der Waals surface area contributed by atoms with Gasteiger partial charge in [0.1, 0.15) is 5.37 Å². The van der Waals surface area contributed by atoms with E-state index >= 15 is 0 Å². The van der Waals surface area contributed by atoms with Crippen LogP contribution in [0, 0.1) is 0 Å². The molecule has 3 amide bonds. The number of nitrogens with one attached hydrogen (secondary N) is 1. The molecule has 0 bridgehead atoms. The molecular formula is C10H14N2O6S2. The maximum absolute atomic E-state index is 11.8. The predicted octanol–water partition coefficient (Wildman–Crippen LogP) is -0.717. The SMILES string of the molecule is CS(=O)(=O)C1CSCCN1C(=O)NC(=O)C=CC(=O)O. The summed E-state index contributed by atoms with van der Waals surface area (Å²) in [5.74, 6) is -1.43. The molecule has 0 radical (unpaired) electrons. The highest BCUT2D eigenvalue weighted by Gasteiger charge is 2.34. The highest BCUT2D eigenvalue weighted by Crippen LogP contribution is 2.20. The van der Waals surface area contributed by atoms with Crippen LogP contribution in [-0.4, -0.2) is 66.0 Å². The van der Waals surface area contributed by atoms with Crippen molar-refractivity contribution in [1.82, 2.24) is 10.2 Å². The molecule has 0 spiro atoms. The molecule has 1 aliphatic rings. The first-order valence-electron chi connectivity index (χ1n) is 5.51. The van der Waals surface area contributed by atoms with Gasteiger partial charge in [-0.1, -0.05) is 0 Å². The Hall–Kier alpha value is -1.55. The molecule has 2 N–H and O–H groups in total. The van der Waals surface area contributed by atoms with Crippen molar-refractivity contribution in [2.24, 2.45) is 0 Å². The maximum Gasteiger partial charge on any atom is 0.328 e. The summed E-state index contributed by atoms with van der Waals surface area (Å²) in [5, 5.41) is 9.29. The zero-order chi connectivity index (χ0) is 15.3. The minimum Gasteiger partial charge on any atom is -0.478 e. The number of hydrogen-bond acceptors (Lipinski definition) is 6. The minimum atomic E-state index is -3.46. The molecule has 10 heteroatoms. The average Bonchev–Trinajstić information content (AvgIpc) is 2.35. The minimum absolute atomic E-state index is 0.199. The maximum atomic E-state index is 11.8. The van der Waals surface area contributed by atoms with Gasteiger partial charge in [-0.05, 0) is 0 Å². The third-order valence-corrected chi connectivity index (χ3v) is 5.09. The number of carboxylic acids is 1. The van der Waals surface area contributed by atoms with Gasteiger partial charge in [-0.3, -0.25) is 10.1 Å². The Balaban J connectivity index is 2.74. The molecular weight excluding hydrogens is 308 g/mol.